The SMILES string of the molecule is CNCC(C)C(C)C=O. The quantitative estimate of drug-likeness (QED) is 0.565. The summed E-state index contributed by atoms with van der Waals surface area (Å²) in [5, 5.41) is 3.02. The molecular formula is C7H15NO. The van der Waals surface area contributed by atoms with E-state index in [1.165, 1.54) is 0 Å². The van der Waals surface area contributed by atoms with Crippen LogP contribution in [0.4, 0.5) is 0 Å². The molecule has 0 heterocycles. The summed E-state index contributed by atoms with van der Waals surface area (Å²) in [7, 11) is 1.90. The lowest BCUT2D eigenvalue weighted by Gasteiger charge is -2.12. The standard InChI is InChI=1S/C7H15NO/c1-6(4-8-3)7(2)5-9/h5-8H,4H2,1-3H3. The molecule has 0 aromatic rings. The molecule has 0 fully saturated rings. The Kier molecular flexibility index (Phi) is 4.32. The van der Waals surface area contributed by atoms with Crippen molar-refractivity contribution in [2.24, 2.45) is 11.8 Å². The van der Waals surface area contributed by atoms with Crippen LogP contribution in [-0.4, -0.2) is 19.9 Å². The summed E-state index contributed by atoms with van der Waals surface area (Å²) < 4.78 is 0. The smallest absolute Gasteiger partial charge is 0.123 e. The second-order valence-electron chi connectivity index (χ2n) is 2.53. The summed E-state index contributed by atoms with van der Waals surface area (Å²) in [4.78, 5) is 10.2. The maximum atomic E-state index is 10.2. The van der Waals surface area contributed by atoms with Crippen molar-refractivity contribution in [3.8, 4) is 0 Å². The first-order valence-corrected chi connectivity index (χ1v) is 3.32. The van der Waals surface area contributed by atoms with E-state index in [0.29, 0.717) is 5.92 Å². The van der Waals surface area contributed by atoms with Gasteiger partial charge in [-0.15, -0.1) is 0 Å². The highest BCUT2D eigenvalue weighted by atomic mass is 16.1. The van der Waals surface area contributed by atoms with Crippen LogP contribution in [0.3, 0.4) is 0 Å². The molecule has 2 nitrogen and oxygen atoms in total. The fraction of sp³-hybridized carbons (Fsp3) is 0.857. The van der Waals surface area contributed by atoms with E-state index < -0.39 is 0 Å². The lowest BCUT2D eigenvalue weighted by molar-refractivity contribution is -0.111. The van der Waals surface area contributed by atoms with E-state index in [-0.39, 0.29) is 5.92 Å². The summed E-state index contributed by atoms with van der Waals surface area (Å²) in [6.07, 6.45) is 1.00. The minimum Gasteiger partial charge on any atom is -0.319 e. The van der Waals surface area contributed by atoms with Gasteiger partial charge in [0.05, 0.1) is 0 Å². The predicted octanol–water partition coefficient (Wildman–Crippen LogP) is 0.677. The monoisotopic (exact) mass is 129 g/mol. The van der Waals surface area contributed by atoms with Crippen molar-refractivity contribution in [2.75, 3.05) is 13.6 Å². The van der Waals surface area contributed by atoms with Gasteiger partial charge < -0.3 is 10.1 Å². The minimum atomic E-state index is 0.178. The Morgan fingerprint density at radius 3 is 2.44 bits per heavy atom. The summed E-state index contributed by atoms with van der Waals surface area (Å²) in [6, 6.07) is 0. The van der Waals surface area contributed by atoms with Gasteiger partial charge in [-0.05, 0) is 19.5 Å². The Hall–Kier alpha value is -0.370. The molecule has 0 bridgehead atoms. The van der Waals surface area contributed by atoms with E-state index in [1.54, 1.807) is 0 Å². The fourth-order valence-corrected chi connectivity index (χ4v) is 0.642. The molecule has 0 aliphatic carbocycles. The van der Waals surface area contributed by atoms with Crippen molar-refractivity contribution in [2.45, 2.75) is 13.8 Å². The number of aldehydes is 1. The molecular weight excluding hydrogens is 114 g/mol. The number of nitrogens with one attached hydrogen (secondary N) is 1. The van der Waals surface area contributed by atoms with E-state index in [9.17, 15) is 4.79 Å². The van der Waals surface area contributed by atoms with Gasteiger partial charge in [0.15, 0.2) is 0 Å². The largest absolute Gasteiger partial charge is 0.319 e. The number of rotatable bonds is 4. The topological polar surface area (TPSA) is 29.1 Å². The second-order valence-corrected chi connectivity index (χ2v) is 2.53. The van der Waals surface area contributed by atoms with Gasteiger partial charge >= 0.3 is 0 Å². The van der Waals surface area contributed by atoms with Crippen LogP contribution in [0.15, 0.2) is 0 Å². The van der Waals surface area contributed by atoms with Crippen LogP contribution in [0.1, 0.15) is 13.8 Å². The van der Waals surface area contributed by atoms with Crippen LogP contribution in [0, 0.1) is 11.8 Å². The molecule has 0 radical (unpaired) electrons. The van der Waals surface area contributed by atoms with E-state index >= 15 is 0 Å². The summed E-state index contributed by atoms with van der Waals surface area (Å²) in [5.74, 6) is 0.630. The summed E-state index contributed by atoms with van der Waals surface area (Å²) in [6.45, 7) is 4.92. The average Bonchev–Trinajstić information content (AvgIpc) is 1.87. The lowest BCUT2D eigenvalue weighted by atomic mass is 9.98. The molecule has 0 saturated heterocycles. The minimum absolute atomic E-state index is 0.178. The third-order valence-electron chi connectivity index (χ3n) is 1.64. The molecule has 0 rings (SSSR count). The summed E-state index contributed by atoms with van der Waals surface area (Å²) >= 11 is 0. The lowest BCUT2D eigenvalue weighted by Crippen LogP contribution is -2.22. The normalized spacial score (nSPS) is 16.8. The molecule has 0 aromatic heterocycles. The van der Waals surface area contributed by atoms with Crippen molar-refractivity contribution in [3.05, 3.63) is 0 Å². The Bertz CT molecular complexity index is 83.0. The van der Waals surface area contributed by atoms with E-state index in [1.807, 2.05) is 14.0 Å². The Labute approximate surface area is 56.6 Å². The van der Waals surface area contributed by atoms with Crippen molar-refractivity contribution in [1.29, 1.82) is 0 Å². The molecule has 0 aromatic carbocycles. The first-order valence-electron chi connectivity index (χ1n) is 3.32. The highest BCUT2D eigenvalue weighted by Gasteiger charge is 2.08. The number of carbonyl (C=O) groups is 1. The molecule has 0 aliphatic heterocycles. The molecule has 2 unspecified atom stereocenters. The summed E-state index contributed by atoms with van der Waals surface area (Å²) in [5.41, 5.74) is 0. The van der Waals surface area contributed by atoms with Crippen molar-refractivity contribution in [3.63, 3.8) is 0 Å². The number of carbonyl (C=O) groups excluding carboxylic acids is 1. The molecule has 0 saturated carbocycles. The third-order valence-corrected chi connectivity index (χ3v) is 1.64. The van der Waals surface area contributed by atoms with Crippen LogP contribution >= 0.6 is 0 Å². The van der Waals surface area contributed by atoms with Crippen molar-refractivity contribution in [1.82, 2.24) is 5.32 Å². The first kappa shape index (κ1) is 8.63. The van der Waals surface area contributed by atoms with Gasteiger partial charge in [-0.3, -0.25) is 0 Å². The molecule has 54 valence electrons. The Morgan fingerprint density at radius 2 is 2.11 bits per heavy atom. The second kappa shape index (κ2) is 4.50. The van der Waals surface area contributed by atoms with Gasteiger partial charge in [-0.2, -0.15) is 0 Å². The van der Waals surface area contributed by atoms with Gasteiger partial charge in [-0.1, -0.05) is 13.8 Å². The predicted molar refractivity (Wildman–Crippen MR) is 38.3 cm³/mol. The number of hydrogen-bond donors (Lipinski definition) is 1. The van der Waals surface area contributed by atoms with Crippen LogP contribution in [0.5, 0.6) is 0 Å². The Balaban J connectivity index is 3.44. The van der Waals surface area contributed by atoms with Crippen LogP contribution in [0.2, 0.25) is 0 Å². The zero-order valence-electron chi connectivity index (χ0n) is 6.35. The number of hydrogen-bond acceptors (Lipinski definition) is 2. The zero-order valence-corrected chi connectivity index (χ0v) is 6.35. The molecule has 0 spiro atoms. The molecule has 2 atom stereocenters. The van der Waals surface area contributed by atoms with Gasteiger partial charge in [0.2, 0.25) is 0 Å². The van der Waals surface area contributed by atoms with Crippen LogP contribution in [-0.2, 0) is 4.79 Å². The van der Waals surface area contributed by atoms with Crippen LogP contribution < -0.4 is 5.32 Å². The van der Waals surface area contributed by atoms with E-state index in [0.717, 1.165) is 12.8 Å². The fourth-order valence-electron chi connectivity index (χ4n) is 0.642. The maximum Gasteiger partial charge on any atom is 0.123 e. The van der Waals surface area contributed by atoms with Crippen LogP contribution in [0.25, 0.3) is 0 Å². The van der Waals surface area contributed by atoms with E-state index in [4.69, 9.17) is 0 Å². The van der Waals surface area contributed by atoms with Gasteiger partial charge in [-0.25, -0.2) is 0 Å². The first-order chi connectivity index (χ1) is 4.22. The highest BCUT2D eigenvalue weighted by Crippen LogP contribution is 2.05. The highest BCUT2D eigenvalue weighted by molar-refractivity contribution is 5.53. The molecule has 9 heavy (non-hydrogen) atoms. The molecule has 2 heteroatoms. The average molecular weight is 129 g/mol. The van der Waals surface area contributed by atoms with E-state index in [2.05, 4.69) is 12.2 Å². The van der Waals surface area contributed by atoms with Gasteiger partial charge in [0.25, 0.3) is 0 Å². The van der Waals surface area contributed by atoms with Crippen molar-refractivity contribution < 1.29 is 4.79 Å². The maximum absolute atomic E-state index is 10.2. The van der Waals surface area contributed by atoms with Gasteiger partial charge in [0.1, 0.15) is 6.29 Å². The zero-order chi connectivity index (χ0) is 7.28. The third kappa shape index (κ3) is 3.25. The molecule has 0 amide bonds. The van der Waals surface area contributed by atoms with Gasteiger partial charge in [0, 0.05) is 5.92 Å². The van der Waals surface area contributed by atoms with Crippen molar-refractivity contribution >= 4 is 6.29 Å². The Morgan fingerprint density at radius 1 is 1.56 bits per heavy atom. The molecule has 0 aliphatic rings. The molecule has 1 N–H and O–H groups in total.